The Bertz CT molecular complexity index is 401. The molecule has 3 heteroatoms. The molecule has 0 N–H and O–H groups in total. The molecule has 0 bridgehead atoms. The fourth-order valence-electron chi connectivity index (χ4n) is 1.58. The lowest BCUT2D eigenvalue weighted by molar-refractivity contribution is 0.656. The summed E-state index contributed by atoms with van der Waals surface area (Å²) in [5.41, 5.74) is 2.48. The minimum atomic E-state index is -0.716. The summed E-state index contributed by atoms with van der Waals surface area (Å²) in [5, 5.41) is 7.65. The Morgan fingerprint density at radius 1 is 1.43 bits per heavy atom. The van der Waals surface area contributed by atoms with Crippen LogP contribution in [0.1, 0.15) is 17.7 Å². The van der Waals surface area contributed by atoms with Crippen molar-refractivity contribution in [3.05, 3.63) is 17.5 Å². The number of hydrogen-bond donors (Lipinski definition) is 0. The first-order valence-corrected chi connectivity index (χ1v) is 7.68. The summed E-state index contributed by atoms with van der Waals surface area (Å²) in [6.45, 7) is 1.07. The average molecular weight is 208 g/mol. The Kier molecular flexibility index (Phi) is 2.32. The molecule has 1 aromatic heterocycles. The van der Waals surface area contributed by atoms with Crippen molar-refractivity contribution in [1.82, 2.24) is 9.78 Å². The van der Waals surface area contributed by atoms with Crippen molar-refractivity contribution in [3.8, 4) is 11.2 Å². The molecule has 1 aromatic rings. The number of fused-ring (bicyclic) bond motifs is 1. The summed E-state index contributed by atoms with van der Waals surface area (Å²) in [5.74, 6) is 3.27. The number of rotatable bonds is 0. The van der Waals surface area contributed by atoms with Crippen molar-refractivity contribution in [1.29, 1.82) is 0 Å². The fourth-order valence-corrected chi connectivity index (χ4v) is 1.99. The van der Waals surface area contributed by atoms with E-state index in [2.05, 4.69) is 39.7 Å². The molecule has 0 amide bonds. The van der Waals surface area contributed by atoms with Crippen LogP contribution in [-0.2, 0) is 13.0 Å². The molecule has 0 spiro atoms. The molecular weight excluding hydrogens is 192 g/mol. The zero-order valence-corrected chi connectivity index (χ0v) is 9.82. The molecular formula is C11H16N2S. The lowest BCUT2D eigenvalue weighted by Gasteiger charge is -2.14. The topological polar surface area (TPSA) is 17.8 Å². The van der Waals surface area contributed by atoms with Gasteiger partial charge in [0.15, 0.2) is 0 Å². The third kappa shape index (κ3) is 1.96. The molecule has 0 fully saturated rings. The van der Waals surface area contributed by atoms with Crippen LogP contribution in [0, 0.1) is 11.2 Å². The maximum Gasteiger partial charge on any atom is 0.0665 e. The van der Waals surface area contributed by atoms with Crippen LogP contribution in [0.15, 0.2) is 6.20 Å². The standard InChI is InChI=1S/C11H16N2S/c1-14(2,3)8-6-10-9-12-13-7-4-5-11(10)13/h9H,4-5,7H2,1-3H3. The van der Waals surface area contributed by atoms with Crippen molar-refractivity contribution in [2.24, 2.45) is 0 Å². The van der Waals surface area contributed by atoms with E-state index in [4.69, 9.17) is 0 Å². The van der Waals surface area contributed by atoms with Gasteiger partial charge in [0.25, 0.3) is 0 Å². The monoisotopic (exact) mass is 208 g/mol. The van der Waals surface area contributed by atoms with Gasteiger partial charge in [0, 0.05) is 6.54 Å². The van der Waals surface area contributed by atoms with Gasteiger partial charge in [0.2, 0.25) is 0 Å². The Hall–Kier alpha value is -0.880. The molecule has 0 aliphatic carbocycles. The van der Waals surface area contributed by atoms with Crippen molar-refractivity contribution < 1.29 is 0 Å². The van der Waals surface area contributed by atoms with E-state index in [-0.39, 0.29) is 0 Å². The maximum absolute atomic E-state index is 4.32. The van der Waals surface area contributed by atoms with Gasteiger partial charge in [0.05, 0.1) is 17.5 Å². The molecule has 2 nitrogen and oxygen atoms in total. The van der Waals surface area contributed by atoms with E-state index < -0.39 is 10.0 Å². The predicted molar refractivity (Wildman–Crippen MR) is 62.8 cm³/mol. The minimum absolute atomic E-state index is 0.716. The van der Waals surface area contributed by atoms with Crippen molar-refractivity contribution in [2.45, 2.75) is 19.4 Å². The van der Waals surface area contributed by atoms with Crippen LogP contribution in [0.4, 0.5) is 0 Å². The Morgan fingerprint density at radius 3 is 2.93 bits per heavy atom. The summed E-state index contributed by atoms with van der Waals surface area (Å²) in [6.07, 6.45) is 10.9. The van der Waals surface area contributed by atoms with E-state index in [0.717, 1.165) is 18.5 Å². The highest BCUT2D eigenvalue weighted by Gasteiger charge is 2.14. The lowest BCUT2D eigenvalue weighted by atomic mass is 10.2. The number of hydrogen-bond acceptors (Lipinski definition) is 1. The molecule has 0 saturated heterocycles. The zero-order valence-electron chi connectivity index (χ0n) is 9.00. The maximum atomic E-state index is 4.32. The van der Waals surface area contributed by atoms with Crippen molar-refractivity contribution >= 4 is 10.0 Å². The Morgan fingerprint density at radius 2 is 2.21 bits per heavy atom. The van der Waals surface area contributed by atoms with Crippen LogP contribution in [-0.4, -0.2) is 28.5 Å². The van der Waals surface area contributed by atoms with Gasteiger partial charge in [-0.05, 0) is 36.9 Å². The predicted octanol–water partition coefficient (Wildman–Crippen LogP) is 1.83. The summed E-state index contributed by atoms with van der Waals surface area (Å²) in [7, 11) is -0.716. The number of aromatic nitrogens is 2. The molecule has 2 heterocycles. The van der Waals surface area contributed by atoms with E-state index in [1.54, 1.807) is 0 Å². The quantitative estimate of drug-likeness (QED) is 0.595. The third-order valence-electron chi connectivity index (χ3n) is 2.22. The highest BCUT2D eigenvalue weighted by Crippen LogP contribution is 2.32. The molecule has 0 saturated carbocycles. The van der Waals surface area contributed by atoms with E-state index in [1.807, 2.05) is 6.20 Å². The van der Waals surface area contributed by atoms with E-state index in [9.17, 15) is 0 Å². The van der Waals surface area contributed by atoms with Crippen molar-refractivity contribution in [3.63, 3.8) is 0 Å². The van der Waals surface area contributed by atoms with Crippen LogP contribution >= 0.6 is 10.0 Å². The SMILES string of the molecule is CS(C)(C)C#Cc1cnn2c1CCC2. The van der Waals surface area contributed by atoms with E-state index in [1.165, 1.54) is 12.1 Å². The molecule has 0 radical (unpaired) electrons. The van der Waals surface area contributed by atoms with Gasteiger partial charge < -0.3 is 0 Å². The first kappa shape index (κ1) is 9.67. The molecule has 2 rings (SSSR count). The first-order valence-electron chi connectivity index (χ1n) is 4.82. The highest BCUT2D eigenvalue weighted by atomic mass is 32.3. The Labute approximate surface area is 87.0 Å². The fraction of sp³-hybridized carbons (Fsp3) is 0.545. The average Bonchev–Trinajstić information content (AvgIpc) is 2.59. The Balaban J connectivity index is 2.29. The zero-order chi connectivity index (χ0) is 10.2. The molecule has 0 atom stereocenters. The second-order valence-electron chi connectivity index (χ2n) is 4.40. The second-order valence-corrected chi connectivity index (χ2v) is 8.27. The van der Waals surface area contributed by atoms with Gasteiger partial charge >= 0.3 is 0 Å². The highest BCUT2D eigenvalue weighted by molar-refractivity contribution is 8.35. The van der Waals surface area contributed by atoms with Gasteiger partial charge in [-0.15, -0.1) is 0 Å². The van der Waals surface area contributed by atoms with Gasteiger partial charge in [0.1, 0.15) is 0 Å². The van der Waals surface area contributed by atoms with E-state index in [0.29, 0.717) is 0 Å². The largest absolute Gasteiger partial charge is 0.268 e. The van der Waals surface area contributed by atoms with E-state index >= 15 is 0 Å². The number of nitrogens with zero attached hydrogens (tertiary/aromatic N) is 2. The third-order valence-corrected chi connectivity index (χ3v) is 2.94. The summed E-state index contributed by atoms with van der Waals surface area (Å²) in [4.78, 5) is 0. The molecule has 76 valence electrons. The molecule has 1 aliphatic rings. The van der Waals surface area contributed by atoms with Gasteiger partial charge in [-0.1, -0.05) is 5.92 Å². The van der Waals surface area contributed by atoms with Crippen LogP contribution < -0.4 is 0 Å². The molecule has 1 aliphatic heterocycles. The smallest absolute Gasteiger partial charge is 0.0665 e. The summed E-state index contributed by atoms with van der Waals surface area (Å²) in [6, 6.07) is 0. The molecule has 14 heavy (non-hydrogen) atoms. The van der Waals surface area contributed by atoms with Crippen LogP contribution in [0.3, 0.4) is 0 Å². The first-order chi connectivity index (χ1) is 6.56. The number of aryl methyl sites for hydroxylation is 1. The summed E-state index contributed by atoms with van der Waals surface area (Å²) < 4.78 is 2.09. The van der Waals surface area contributed by atoms with Gasteiger partial charge in [-0.25, -0.2) is 0 Å². The second kappa shape index (κ2) is 3.36. The minimum Gasteiger partial charge on any atom is -0.268 e. The lowest BCUT2D eigenvalue weighted by Crippen LogP contribution is -1.93. The molecule has 0 aromatic carbocycles. The summed E-state index contributed by atoms with van der Waals surface area (Å²) >= 11 is 0. The molecule has 0 unspecified atom stereocenters. The van der Waals surface area contributed by atoms with Crippen molar-refractivity contribution in [2.75, 3.05) is 18.8 Å². The van der Waals surface area contributed by atoms with Crippen LogP contribution in [0.25, 0.3) is 0 Å². The van der Waals surface area contributed by atoms with Gasteiger partial charge in [-0.2, -0.15) is 15.1 Å². The van der Waals surface area contributed by atoms with Crippen LogP contribution in [0.5, 0.6) is 0 Å². The van der Waals surface area contributed by atoms with Crippen LogP contribution in [0.2, 0.25) is 0 Å². The normalized spacial score (nSPS) is 15.9. The van der Waals surface area contributed by atoms with Gasteiger partial charge in [-0.3, -0.25) is 4.68 Å².